The van der Waals surface area contributed by atoms with Crippen LogP contribution in [0, 0.1) is 0 Å². The van der Waals surface area contributed by atoms with Crippen molar-refractivity contribution in [2.24, 2.45) is 0 Å². The Morgan fingerprint density at radius 3 is 2.29 bits per heavy atom. The number of halogens is 3. The average molecular weight is 347 g/mol. The number of alkyl halides is 3. The van der Waals surface area contributed by atoms with Gasteiger partial charge in [-0.3, -0.25) is 4.79 Å². The summed E-state index contributed by atoms with van der Waals surface area (Å²) in [6, 6.07) is 9.89. The van der Waals surface area contributed by atoms with Gasteiger partial charge in [0.25, 0.3) is 9.70 Å². The molecule has 1 rings (SSSR count). The van der Waals surface area contributed by atoms with Crippen LogP contribution in [0.1, 0.15) is 19.4 Å². The number of hydrogen-bond acceptors (Lipinski definition) is 1. The van der Waals surface area contributed by atoms with Crippen LogP contribution in [0.3, 0.4) is 0 Å². The molecule has 0 aliphatic rings. The van der Waals surface area contributed by atoms with Crippen LogP contribution in [-0.2, 0) is 4.79 Å². The van der Waals surface area contributed by atoms with Crippen LogP contribution in [0.4, 0.5) is 0 Å². The quantitative estimate of drug-likeness (QED) is 0.550. The fourth-order valence-electron chi connectivity index (χ4n) is 1.79. The molecule has 0 aliphatic carbocycles. The van der Waals surface area contributed by atoms with Crippen LogP contribution in [-0.4, -0.2) is 27.7 Å². The lowest BCUT2D eigenvalue weighted by atomic mass is 10.1. The van der Waals surface area contributed by atoms with E-state index in [1.807, 2.05) is 50.3 Å². The minimum Gasteiger partial charge on any atom is -0.331 e. The number of carbonyl (C=O) groups excluding carboxylic acids is 1. The van der Waals surface area contributed by atoms with Gasteiger partial charge in [0.1, 0.15) is 0 Å². The molecule has 0 unspecified atom stereocenters. The predicted octanol–water partition coefficient (Wildman–Crippen LogP) is 4.86. The Morgan fingerprint density at radius 1 is 1.24 bits per heavy atom. The first kappa shape index (κ1) is 18.1. The second-order valence-electron chi connectivity index (χ2n) is 4.89. The van der Waals surface area contributed by atoms with Gasteiger partial charge in [-0.05, 0) is 25.0 Å². The van der Waals surface area contributed by atoms with Crippen LogP contribution in [0.25, 0.3) is 5.57 Å². The Kier molecular flexibility index (Phi) is 6.79. The summed E-state index contributed by atoms with van der Waals surface area (Å²) in [5, 5.41) is 0. The first-order chi connectivity index (χ1) is 9.71. The molecular weight excluding hydrogens is 329 g/mol. The molecule has 0 fully saturated rings. The third-order valence-corrected chi connectivity index (χ3v) is 3.32. The number of nitrogens with zero attached hydrogens (tertiary/aromatic N) is 1. The summed E-state index contributed by atoms with van der Waals surface area (Å²) in [6.45, 7) is 8.32. The predicted molar refractivity (Wildman–Crippen MR) is 91.8 cm³/mol. The lowest BCUT2D eigenvalue weighted by Gasteiger charge is -2.25. The lowest BCUT2D eigenvalue weighted by molar-refractivity contribution is -0.129. The number of allylic oxidation sites excluding steroid dienone is 1. The number of carbonyl (C=O) groups is 1. The van der Waals surface area contributed by atoms with Crippen molar-refractivity contribution >= 4 is 46.3 Å². The maximum atomic E-state index is 12.1. The van der Waals surface area contributed by atoms with Crippen molar-refractivity contribution in [2.75, 3.05) is 13.1 Å². The Bertz CT molecular complexity index is 532. The molecule has 0 N–H and O–H groups in total. The normalized spacial score (nSPS) is 12.1. The van der Waals surface area contributed by atoms with E-state index in [0.29, 0.717) is 13.1 Å². The molecule has 21 heavy (non-hydrogen) atoms. The maximum absolute atomic E-state index is 12.1. The molecule has 0 saturated carbocycles. The lowest BCUT2D eigenvalue weighted by Crippen LogP contribution is -2.40. The fraction of sp³-hybridized carbons (Fsp3) is 0.312. The second kappa shape index (κ2) is 7.88. The molecule has 114 valence electrons. The Hall–Kier alpha value is -0.960. The van der Waals surface area contributed by atoms with Crippen LogP contribution in [0.5, 0.6) is 0 Å². The molecule has 1 amide bonds. The largest absolute Gasteiger partial charge is 0.331 e. The Morgan fingerprint density at radius 2 is 1.81 bits per heavy atom. The standard InChI is InChI=1S/C16H18Cl3NO/c1-12(2)11-20(15(21)16(17,18)19)10-9-13(3)14-7-5-4-6-8-14/h4-9H,1,10-11H2,2-3H3. The van der Waals surface area contributed by atoms with Gasteiger partial charge in [-0.1, -0.05) is 83.4 Å². The molecule has 1 aromatic carbocycles. The summed E-state index contributed by atoms with van der Waals surface area (Å²) in [5.41, 5.74) is 2.97. The van der Waals surface area contributed by atoms with Gasteiger partial charge in [-0.2, -0.15) is 0 Å². The van der Waals surface area contributed by atoms with Gasteiger partial charge < -0.3 is 4.90 Å². The molecule has 0 atom stereocenters. The molecule has 0 spiro atoms. The average Bonchev–Trinajstić information content (AvgIpc) is 2.41. The number of hydrogen-bond donors (Lipinski definition) is 0. The van der Waals surface area contributed by atoms with Gasteiger partial charge in [-0.15, -0.1) is 0 Å². The number of rotatable bonds is 5. The number of benzene rings is 1. The first-order valence-electron chi connectivity index (χ1n) is 6.44. The third-order valence-electron chi connectivity index (χ3n) is 2.84. The van der Waals surface area contributed by atoms with E-state index in [4.69, 9.17) is 34.8 Å². The van der Waals surface area contributed by atoms with Crippen molar-refractivity contribution in [1.29, 1.82) is 0 Å². The molecule has 1 aromatic rings. The van der Waals surface area contributed by atoms with Gasteiger partial charge in [-0.25, -0.2) is 0 Å². The van der Waals surface area contributed by atoms with Crippen LogP contribution < -0.4 is 0 Å². The Balaban J connectivity index is 2.87. The Labute approximate surface area is 141 Å². The summed E-state index contributed by atoms with van der Waals surface area (Å²) < 4.78 is -1.95. The topological polar surface area (TPSA) is 20.3 Å². The van der Waals surface area contributed by atoms with Crippen molar-refractivity contribution < 1.29 is 4.79 Å². The van der Waals surface area contributed by atoms with Crippen LogP contribution in [0.2, 0.25) is 0 Å². The highest BCUT2D eigenvalue weighted by Gasteiger charge is 2.34. The second-order valence-corrected chi connectivity index (χ2v) is 7.17. The van der Waals surface area contributed by atoms with E-state index in [-0.39, 0.29) is 0 Å². The van der Waals surface area contributed by atoms with Crippen molar-refractivity contribution in [3.05, 3.63) is 54.1 Å². The SMILES string of the molecule is C=C(C)CN(CC=C(C)c1ccccc1)C(=O)C(Cl)(Cl)Cl. The highest BCUT2D eigenvalue weighted by molar-refractivity contribution is 6.76. The van der Waals surface area contributed by atoms with Crippen molar-refractivity contribution in [3.63, 3.8) is 0 Å². The summed E-state index contributed by atoms with van der Waals surface area (Å²) in [6.07, 6.45) is 1.94. The van der Waals surface area contributed by atoms with E-state index in [1.165, 1.54) is 4.90 Å². The molecule has 0 saturated heterocycles. The molecule has 5 heteroatoms. The molecule has 2 nitrogen and oxygen atoms in total. The van der Waals surface area contributed by atoms with E-state index in [1.54, 1.807) is 0 Å². The van der Waals surface area contributed by atoms with Gasteiger partial charge in [0, 0.05) is 13.1 Å². The van der Waals surface area contributed by atoms with E-state index >= 15 is 0 Å². The molecular formula is C16H18Cl3NO. The molecule has 0 bridgehead atoms. The zero-order chi connectivity index (χ0) is 16.0. The van der Waals surface area contributed by atoms with Crippen molar-refractivity contribution in [1.82, 2.24) is 4.90 Å². The molecule has 0 radical (unpaired) electrons. The zero-order valence-corrected chi connectivity index (χ0v) is 14.3. The zero-order valence-electron chi connectivity index (χ0n) is 12.1. The molecule has 0 aliphatic heterocycles. The van der Waals surface area contributed by atoms with E-state index in [2.05, 4.69) is 6.58 Å². The van der Waals surface area contributed by atoms with E-state index in [9.17, 15) is 4.79 Å². The van der Waals surface area contributed by atoms with E-state index < -0.39 is 9.70 Å². The number of amides is 1. The third kappa shape index (κ3) is 6.13. The summed E-state index contributed by atoms with van der Waals surface area (Å²) in [5.74, 6) is -0.549. The van der Waals surface area contributed by atoms with Gasteiger partial charge in [0.2, 0.25) is 0 Å². The summed E-state index contributed by atoms with van der Waals surface area (Å²) >= 11 is 17.1. The van der Waals surface area contributed by atoms with E-state index in [0.717, 1.165) is 16.7 Å². The van der Waals surface area contributed by atoms with Gasteiger partial charge >= 0.3 is 0 Å². The summed E-state index contributed by atoms with van der Waals surface area (Å²) in [7, 11) is 0. The highest BCUT2D eigenvalue weighted by atomic mass is 35.6. The van der Waals surface area contributed by atoms with Crippen molar-refractivity contribution in [2.45, 2.75) is 17.6 Å². The van der Waals surface area contributed by atoms with Crippen LogP contribution >= 0.6 is 34.8 Å². The van der Waals surface area contributed by atoms with Gasteiger partial charge in [0.05, 0.1) is 0 Å². The molecule has 0 heterocycles. The molecule has 0 aromatic heterocycles. The van der Waals surface area contributed by atoms with Gasteiger partial charge in [0.15, 0.2) is 0 Å². The monoisotopic (exact) mass is 345 g/mol. The summed E-state index contributed by atoms with van der Waals surface area (Å²) in [4.78, 5) is 13.6. The first-order valence-corrected chi connectivity index (χ1v) is 7.58. The van der Waals surface area contributed by atoms with Crippen LogP contribution in [0.15, 0.2) is 48.6 Å². The minimum absolute atomic E-state index is 0.352. The highest BCUT2D eigenvalue weighted by Crippen LogP contribution is 2.29. The fourth-order valence-corrected chi connectivity index (χ4v) is 2.15. The van der Waals surface area contributed by atoms with Crippen molar-refractivity contribution in [3.8, 4) is 0 Å². The smallest absolute Gasteiger partial charge is 0.275 e. The maximum Gasteiger partial charge on any atom is 0.275 e. The minimum atomic E-state index is -1.95.